The summed E-state index contributed by atoms with van der Waals surface area (Å²) in [6.45, 7) is 6.05. The van der Waals surface area contributed by atoms with Crippen molar-refractivity contribution in [2.75, 3.05) is 37.6 Å². The molecule has 3 aliphatic heterocycles. The third kappa shape index (κ3) is 2.81. The summed E-state index contributed by atoms with van der Waals surface area (Å²) in [5, 5.41) is 6.25. The van der Waals surface area contributed by atoms with Gasteiger partial charge < -0.3 is 10.2 Å². The summed E-state index contributed by atoms with van der Waals surface area (Å²) in [6.07, 6.45) is 10.5. The van der Waals surface area contributed by atoms with Crippen molar-refractivity contribution in [2.45, 2.75) is 44.2 Å². The molecule has 1 N–H and O–H groups in total. The quantitative estimate of drug-likeness (QED) is 0.914. The van der Waals surface area contributed by atoms with Crippen LogP contribution in [0.2, 0.25) is 0 Å². The van der Waals surface area contributed by atoms with Crippen LogP contribution in [0, 0.1) is 0 Å². The highest BCUT2D eigenvalue weighted by Gasteiger charge is 2.32. The second-order valence-corrected chi connectivity index (χ2v) is 7.89. The first-order chi connectivity index (χ1) is 12.4. The number of pyridine rings is 1. The predicted molar refractivity (Wildman–Crippen MR) is 103 cm³/mol. The van der Waals surface area contributed by atoms with E-state index in [2.05, 4.69) is 44.5 Å². The van der Waals surface area contributed by atoms with E-state index in [1.54, 1.807) is 0 Å². The lowest BCUT2D eigenvalue weighted by Gasteiger charge is -2.45. The van der Waals surface area contributed by atoms with Gasteiger partial charge in [-0.1, -0.05) is 12.1 Å². The van der Waals surface area contributed by atoms with Gasteiger partial charge in [0.25, 0.3) is 0 Å². The van der Waals surface area contributed by atoms with Gasteiger partial charge in [0.2, 0.25) is 0 Å². The first-order valence-corrected chi connectivity index (χ1v) is 9.97. The predicted octanol–water partition coefficient (Wildman–Crippen LogP) is 2.81. The average molecular weight is 336 g/mol. The van der Waals surface area contributed by atoms with Gasteiger partial charge in [-0.3, -0.25) is 9.88 Å². The Morgan fingerprint density at radius 1 is 1.00 bits per heavy atom. The van der Waals surface area contributed by atoms with E-state index in [1.807, 2.05) is 6.20 Å². The number of nitrogens with zero attached hydrogens (tertiary/aromatic N) is 3. The molecule has 1 aromatic carbocycles. The number of hydrogen-bond acceptors (Lipinski definition) is 4. The molecule has 132 valence electrons. The molecule has 0 radical (unpaired) electrons. The van der Waals surface area contributed by atoms with E-state index >= 15 is 0 Å². The number of likely N-dealkylation sites (tertiary alicyclic amines) is 1. The molecule has 5 rings (SSSR count). The molecule has 0 amide bonds. The molecular formula is C21H28N4. The van der Waals surface area contributed by atoms with Gasteiger partial charge in [0, 0.05) is 54.0 Å². The molecule has 2 fully saturated rings. The number of piperidine rings is 2. The lowest BCUT2D eigenvalue weighted by atomic mass is 9.93. The summed E-state index contributed by atoms with van der Waals surface area (Å²) in [5.41, 5.74) is 2.87. The van der Waals surface area contributed by atoms with E-state index in [0.717, 1.165) is 19.0 Å². The van der Waals surface area contributed by atoms with Crippen LogP contribution in [0.15, 0.2) is 30.6 Å². The van der Waals surface area contributed by atoms with Crippen LogP contribution in [0.25, 0.3) is 10.8 Å². The highest BCUT2D eigenvalue weighted by atomic mass is 15.3. The Morgan fingerprint density at radius 2 is 1.92 bits per heavy atom. The molecule has 1 unspecified atom stereocenters. The van der Waals surface area contributed by atoms with Crippen molar-refractivity contribution in [3.63, 3.8) is 0 Å². The van der Waals surface area contributed by atoms with Crippen molar-refractivity contribution in [1.82, 2.24) is 15.2 Å². The lowest BCUT2D eigenvalue weighted by Crippen LogP contribution is -2.54. The monoisotopic (exact) mass is 336 g/mol. The molecule has 2 saturated heterocycles. The van der Waals surface area contributed by atoms with Crippen LogP contribution in [-0.4, -0.2) is 54.7 Å². The summed E-state index contributed by atoms with van der Waals surface area (Å²) >= 11 is 0. The van der Waals surface area contributed by atoms with E-state index in [0.29, 0.717) is 6.04 Å². The summed E-state index contributed by atoms with van der Waals surface area (Å²) in [4.78, 5) is 9.94. The fourth-order valence-corrected chi connectivity index (χ4v) is 5.20. The van der Waals surface area contributed by atoms with Crippen LogP contribution in [0.1, 0.15) is 31.2 Å². The van der Waals surface area contributed by atoms with E-state index in [9.17, 15) is 0 Å². The van der Waals surface area contributed by atoms with Crippen LogP contribution >= 0.6 is 0 Å². The largest absolute Gasteiger partial charge is 0.366 e. The van der Waals surface area contributed by atoms with Gasteiger partial charge in [-0.25, -0.2) is 0 Å². The molecule has 25 heavy (non-hydrogen) atoms. The Hall–Kier alpha value is -1.65. The summed E-state index contributed by atoms with van der Waals surface area (Å²) in [7, 11) is 0. The third-order valence-electron chi connectivity index (χ3n) is 6.47. The Bertz CT molecular complexity index is 747. The van der Waals surface area contributed by atoms with Crippen LogP contribution in [0.4, 0.5) is 5.69 Å². The molecule has 4 heterocycles. The molecule has 0 saturated carbocycles. The molecule has 0 spiro atoms. The van der Waals surface area contributed by atoms with Gasteiger partial charge >= 0.3 is 0 Å². The Balaban J connectivity index is 1.42. The second-order valence-electron chi connectivity index (χ2n) is 7.89. The zero-order valence-electron chi connectivity index (χ0n) is 15.0. The fraction of sp³-hybridized carbons (Fsp3) is 0.571. The maximum absolute atomic E-state index is 4.44. The van der Waals surface area contributed by atoms with Crippen LogP contribution < -0.4 is 10.2 Å². The minimum absolute atomic E-state index is 0.663. The Kier molecular flexibility index (Phi) is 4.10. The zero-order valence-corrected chi connectivity index (χ0v) is 15.0. The van der Waals surface area contributed by atoms with Gasteiger partial charge in [0.05, 0.1) is 0 Å². The highest BCUT2D eigenvalue weighted by molar-refractivity contribution is 5.97. The lowest BCUT2D eigenvalue weighted by molar-refractivity contribution is 0.122. The topological polar surface area (TPSA) is 31.4 Å². The van der Waals surface area contributed by atoms with Gasteiger partial charge in [0.15, 0.2) is 0 Å². The number of aromatic nitrogens is 1. The van der Waals surface area contributed by atoms with Gasteiger partial charge in [-0.2, -0.15) is 0 Å². The standard InChI is InChI=1S/C21H28N4/c1-3-16-13-23-14-17-8-12-25(20(5-1)21(16)17)19-4-2-11-24(15-19)18-6-9-22-10-7-18/h1,3,5,13-14,18-19,22H,2,4,6-12,15H2. The Morgan fingerprint density at radius 3 is 2.84 bits per heavy atom. The summed E-state index contributed by atoms with van der Waals surface area (Å²) < 4.78 is 0. The number of nitrogens with one attached hydrogen (secondary N) is 1. The Labute approximate surface area is 150 Å². The smallest absolute Gasteiger partial charge is 0.0452 e. The minimum atomic E-state index is 0.663. The molecule has 4 heteroatoms. The van der Waals surface area contributed by atoms with Gasteiger partial charge in [-0.05, 0) is 63.4 Å². The van der Waals surface area contributed by atoms with Crippen LogP contribution in [0.5, 0.6) is 0 Å². The molecular weight excluding hydrogens is 308 g/mol. The number of rotatable bonds is 2. The van der Waals surface area contributed by atoms with Crippen molar-refractivity contribution in [1.29, 1.82) is 0 Å². The van der Waals surface area contributed by atoms with E-state index in [4.69, 9.17) is 0 Å². The molecule has 0 bridgehead atoms. The van der Waals surface area contributed by atoms with Crippen LogP contribution in [-0.2, 0) is 6.42 Å². The number of benzene rings is 1. The second kappa shape index (κ2) is 6.58. The number of anilines is 1. The normalized spacial score (nSPS) is 25.4. The third-order valence-corrected chi connectivity index (χ3v) is 6.47. The molecule has 0 aliphatic carbocycles. The molecule has 1 aromatic heterocycles. The van der Waals surface area contributed by atoms with Crippen molar-refractivity contribution in [2.24, 2.45) is 0 Å². The van der Waals surface area contributed by atoms with Crippen LogP contribution in [0.3, 0.4) is 0 Å². The van der Waals surface area contributed by atoms with E-state index < -0.39 is 0 Å². The maximum Gasteiger partial charge on any atom is 0.0452 e. The van der Waals surface area contributed by atoms with Crippen molar-refractivity contribution in [3.05, 3.63) is 36.2 Å². The average Bonchev–Trinajstić information content (AvgIpc) is 2.70. The molecule has 2 aromatic rings. The zero-order chi connectivity index (χ0) is 16.6. The van der Waals surface area contributed by atoms with Crippen molar-refractivity contribution < 1.29 is 0 Å². The first-order valence-electron chi connectivity index (χ1n) is 9.97. The molecule has 3 aliphatic rings. The maximum atomic E-state index is 4.44. The van der Waals surface area contributed by atoms with Crippen molar-refractivity contribution >= 4 is 16.5 Å². The molecule has 4 nitrogen and oxygen atoms in total. The van der Waals surface area contributed by atoms with E-state index in [-0.39, 0.29) is 0 Å². The SMILES string of the molecule is c1cc2c3c(cncc3c1)CCN2C1CCCN(C2CCNCC2)C1. The molecule has 1 atom stereocenters. The first kappa shape index (κ1) is 15.6. The van der Waals surface area contributed by atoms with E-state index in [1.165, 1.54) is 73.9 Å². The highest BCUT2D eigenvalue weighted by Crippen LogP contribution is 2.36. The fourth-order valence-electron chi connectivity index (χ4n) is 5.20. The summed E-state index contributed by atoms with van der Waals surface area (Å²) in [6, 6.07) is 8.20. The van der Waals surface area contributed by atoms with Gasteiger partial charge in [0.1, 0.15) is 0 Å². The minimum Gasteiger partial charge on any atom is -0.366 e. The van der Waals surface area contributed by atoms with Gasteiger partial charge in [-0.15, -0.1) is 0 Å². The summed E-state index contributed by atoms with van der Waals surface area (Å²) in [5.74, 6) is 0. The number of hydrogen-bond donors (Lipinski definition) is 1. The van der Waals surface area contributed by atoms with Crippen molar-refractivity contribution in [3.8, 4) is 0 Å².